The Bertz CT molecular complexity index is 1870. The normalized spacial score (nSPS) is 21.3. The Morgan fingerprint density at radius 2 is 1.57 bits per heavy atom. The molecule has 1 heterocycles. The van der Waals surface area contributed by atoms with E-state index in [4.69, 9.17) is 4.74 Å². The number of phenols is 2. The summed E-state index contributed by atoms with van der Waals surface area (Å²) in [6.45, 7) is 14.5. The highest BCUT2D eigenvalue weighted by Gasteiger charge is 2.53. The second-order valence-electron chi connectivity index (χ2n) is 14.4. The number of carbonyl (C=O) groups excluding carboxylic acids is 2. The molecule has 4 aromatic rings. The Kier molecular flexibility index (Phi) is 10.8. The Morgan fingerprint density at radius 1 is 0.941 bits per heavy atom. The molecule has 4 atom stereocenters. The van der Waals surface area contributed by atoms with Gasteiger partial charge in [0.15, 0.2) is 5.82 Å². The monoisotopic (exact) mass is 699 g/mol. The lowest BCUT2D eigenvalue weighted by Crippen LogP contribution is -2.60. The van der Waals surface area contributed by atoms with E-state index in [9.17, 15) is 30.0 Å². The number of nitrogens with zero attached hydrogens (tertiary/aromatic N) is 3. The van der Waals surface area contributed by atoms with Crippen LogP contribution in [-0.2, 0) is 0 Å². The topological polar surface area (TPSA) is 179 Å². The average Bonchev–Trinajstić information content (AvgIpc) is 3.53. The number of rotatable bonds is 11. The molecule has 0 bridgehead atoms. The molecular weight excluding hydrogens is 650 g/mol. The summed E-state index contributed by atoms with van der Waals surface area (Å²) in [5.74, 6) is 0.287. The molecule has 1 aliphatic carbocycles. The lowest BCUT2D eigenvalue weighted by Gasteiger charge is -2.54. The number of ether oxygens (including phenoxy) is 1. The van der Waals surface area contributed by atoms with Crippen LogP contribution >= 0.6 is 0 Å². The first-order chi connectivity index (χ1) is 24.1. The fraction of sp³-hybridized carbons (Fsp3) is 0.436. The van der Waals surface area contributed by atoms with Gasteiger partial charge in [-0.1, -0.05) is 41.5 Å². The number of aliphatic hydroxyl groups is 2. The second kappa shape index (κ2) is 14.7. The summed E-state index contributed by atoms with van der Waals surface area (Å²) >= 11 is 0. The third kappa shape index (κ3) is 7.43. The van der Waals surface area contributed by atoms with Crippen molar-refractivity contribution in [1.82, 2.24) is 25.4 Å². The number of hydrogen-bond acceptors (Lipinski definition) is 9. The van der Waals surface area contributed by atoms with Crippen molar-refractivity contribution in [1.29, 1.82) is 0 Å². The van der Waals surface area contributed by atoms with E-state index in [0.717, 1.165) is 0 Å². The summed E-state index contributed by atoms with van der Waals surface area (Å²) in [5, 5.41) is 57.3. The smallest absolute Gasteiger partial charge is 0.289 e. The van der Waals surface area contributed by atoms with Crippen LogP contribution in [-0.4, -0.2) is 71.8 Å². The molecule has 1 aliphatic rings. The molecule has 0 aliphatic heterocycles. The van der Waals surface area contributed by atoms with E-state index in [-0.39, 0.29) is 65.2 Å². The third-order valence-corrected chi connectivity index (χ3v) is 10.8. The van der Waals surface area contributed by atoms with Crippen molar-refractivity contribution in [3.05, 3.63) is 77.6 Å². The van der Waals surface area contributed by atoms with Crippen molar-refractivity contribution in [3.8, 4) is 40.1 Å². The highest BCUT2D eigenvalue weighted by molar-refractivity contribution is 5.94. The minimum Gasteiger partial charge on any atom is -0.508 e. The van der Waals surface area contributed by atoms with Gasteiger partial charge in [-0.3, -0.25) is 14.2 Å². The molecule has 272 valence electrons. The van der Waals surface area contributed by atoms with Gasteiger partial charge in [0.25, 0.3) is 11.8 Å². The van der Waals surface area contributed by atoms with Crippen LogP contribution in [0.5, 0.6) is 23.0 Å². The molecule has 3 aromatic carbocycles. The van der Waals surface area contributed by atoms with Gasteiger partial charge in [-0.05, 0) is 103 Å². The highest BCUT2D eigenvalue weighted by Crippen LogP contribution is 2.50. The number of aliphatic hydroxyl groups excluding tert-OH is 1. The largest absolute Gasteiger partial charge is 0.508 e. The first-order valence-electron chi connectivity index (χ1n) is 17.4. The summed E-state index contributed by atoms with van der Waals surface area (Å²) < 4.78 is 7.57. The molecule has 5 rings (SSSR count). The Balaban J connectivity index is 1.29. The summed E-state index contributed by atoms with van der Waals surface area (Å²) in [7, 11) is 0. The third-order valence-electron chi connectivity index (χ3n) is 10.8. The predicted molar refractivity (Wildman–Crippen MR) is 193 cm³/mol. The van der Waals surface area contributed by atoms with Gasteiger partial charge in [0.2, 0.25) is 5.82 Å². The Labute approximate surface area is 298 Å². The number of nitrogens with one attached hydrogen (secondary N) is 2. The van der Waals surface area contributed by atoms with Gasteiger partial charge in [0.05, 0.1) is 17.3 Å². The van der Waals surface area contributed by atoms with Gasteiger partial charge in [-0.2, -0.15) is 0 Å². The molecule has 1 fully saturated rings. The molecule has 0 spiro atoms. The van der Waals surface area contributed by atoms with Gasteiger partial charge < -0.3 is 35.8 Å². The van der Waals surface area contributed by atoms with Crippen LogP contribution in [0.25, 0.3) is 17.1 Å². The second-order valence-corrected chi connectivity index (χ2v) is 14.4. The lowest BCUT2D eigenvalue weighted by molar-refractivity contribution is -0.188. The maximum Gasteiger partial charge on any atom is 0.289 e. The zero-order valence-corrected chi connectivity index (χ0v) is 30.3. The Morgan fingerprint density at radius 3 is 2.18 bits per heavy atom. The van der Waals surface area contributed by atoms with Crippen molar-refractivity contribution in [2.24, 2.45) is 17.3 Å². The van der Waals surface area contributed by atoms with Crippen molar-refractivity contribution < 1.29 is 34.8 Å². The van der Waals surface area contributed by atoms with Crippen LogP contribution < -0.4 is 15.4 Å². The van der Waals surface area contributed by atoms with Gasteiger partial charge in [-0.15, -0.1) is 10.2 Å². The maximum absolute atomic E-state index is 13.0. The minimum absolute atomic E-state index is 0.0185. The van der Waals surface area contributed by atoms with Crippen LogP contribution in [0.1, 0.15) is 93.8 Å². The van der Waals surface area contributed by atoms with E-state index in [2.05, 4.69) is 41.6 Å². The summed E-state index contributed by atoms with van der Waals surface area (Å²) in [4.78, 5) is 25.9. The number of amides is 2. The minimum atomic E-state index is -1.29. The number of aromatic hydroxyl groups is 2. The zero-order valence-electron chi connectivity index (χ0n) is 30.3. The van der Waals surface area contributed by atoms with E-state index in [1.54, 1.807) is 61.5 Å². The standard InChI is InChI=1S/C39H49N5O7/c1-8-40-37(49)35-43-42-34(30-20-29(22(2)3)31(45)21-32(30)46)44(35)26-11-15-28(16-12-26)51-27-13-9-25(10-14-27)36(48)41-18-17-39(50)24(5)38(6,7)23(4)19-33(39)47/h9-16,20-24,33,45-47,50H,8,17-19H2,1-7H3,(H,40,49)(H,41,48)/t23-,24+,33-,39+/m0/s1. The van der Waals surface area contributed by atoms with E-state index >= 15 is 0 Å². The molecule has 0 unspecified atom stereocenters. The molecule has 12 nitrogen and oxygen atoms in total. The first kappa shape index (κ1) is 37.3. The molecule has 1 aromatic heterocycles. The molecule has 0 saturated heterocycles. The van der Waals surface area contributed by atoms with Crippen LogP contribution in [0.3, 0.4) is 0 Å². The SMILES string of the molecule is CCNC(=O)c1nnc(-c2cc(C(C)C)c(O)cc2O)n1-c1ccc(Oc2ccc(C(=O)NCC[C@@]3(O)[C@H](C)C(C)(C)[C@@H](C)C[C@@H]3O)cc2)cc1. The molecule has 2 amide bonds. The van der Waals surface area contributed by atoms with Crippen LogP contribution in [0, 0.1) is 17.3 Å². The van der Waals surface area contributed by atoms with Crippen molar-refractivity contribution in [3.63, 3.8) is 0 Å². The van der Waals surface area contributed by atoms with Crippen LogP contribution in [0.15, 0.2) is 60.7 Å². The molecule has 51 heavy (non-hydrogen) atoms. The zero-order chi connectivity index (χ0) is 37.2. The van der Waals surface area contributed by atoms with Crippen molar-refractivity contribution >= 4 is 11.8 Å². The molecule has 6 N–H and O–H groups in total. The number of hydrogen-bond donors (Lipinski definition) is 6. The van der Waals surface area contributed by atoms with Crippen molar-refractivity contribution in [2.75, 3.05) is 13.1 Å². The summed E-state index contributed by atoms with van der Waals surface area (Å²) in [6.07, 6.45) is -0.107. The predicted octanol–water partition coefficient (Wildman–Crippen LogP) is 5.92. The highest BCUT2D eigenvalue weighted by atomic mass is 16.5. The Hall–Kier alpha value is -4.94. The van der Waals surface area contributed by atoms with Gasteiger partial charge in [0.1, 0.15) is 23.0 Å². The fourth-order valence-corrected chi connectivity index (χ4v) is 6.86. The first-order valence-corrected chi connectivity index (χ1v) is 17.4. The van der Waals surface area contributed by atoms with Crippen LogP contribution in [0.2, 0.25) is 0 Å². The van der Waals surface area contributed by atoms with E-state index in [1.807, 2.05) is 20.8 Å². The quantitative estimate of drug-likeness (QED) is 0.111. The van der Waals surface area contributed by atoms with E-state index in [1.165, 1.54) is 10.6 Å². The fourth-order valence-electron chi connectivity index (χ4n) is 6.86. The maximum atomic E-state index is 13.0. The van der Waals surface area contributed by atoms with Gasteiger partial charge in [0, 0.05) is 30.4 Å². The average molecular weight is 700 g/mol. The van der Waals surface area contributed by atoms with Crippen LogP contribution in [0.4, 0.5) is 0 Å². The van der Waals surface area contributed by atoms with Crippen molar-refractivity contribution in [2.45, 2.75) is 78.9 Å². The molecular formula is C39H49N5O7. The number of aromatic nitrogens is 3. The van der Waals surface area contributed by atoms with E-state index < -0.39 is 17.6 Å². The van der Waals surface area contributed by atoms with E-state index in [0.29, 0.717) is 46.8 Å². The number of benzene rings is 3. The summed E-state index contributed by atoms with van der Waals surface area (Å²) in [6, 6.07) is 16.4. The molecule has 0 radical (unpaired) electrons. The van der Waals surface area contributed by atoms with Gasteiger partial charge in [-0.25, -0.2) is 0 Å². The summed E-state index contributed by atoms with van der Waals surface area (Å²) in [5.41, 5.74) is 0.423. The lowest BCUT2D eigenvalue weighted by atomic mass is 9.55. The number of carbonyl (C=O) groups is 2. The number of phenolic OH excluding ortho intramolecular Hbond substituents is 2. The molecule has 1 saturated carbocycles. The van der Waals surface area contributed by atoms with Gasteiger partial charge >= 0.3 is 0 Å². The molecule has 12 heteroatoms.